The van der Waals surface area contributed by atoms with E-state index in [9.17, 15) is 0 Å². The lowest BCUT2D eigenvalue weighted by atomic mass is 10.1. The summed E-state index contributed by atoms with van der Waals surface area (Å²) in [6.07, 6.45) is 1.80. The maximum Gasteiger partial charge on any atom is 0.145 e. The van der Waals surface area contributed by atoms with Crippen molar-refractivity contribution in [2.45, 2.75) is 0 Å². The van der Waals surface area contributed by atoms with Gasteiger partial charge in [-0.15, -0.1) is 0 Å². The first-order chi connectivity index (χ1) is 22.3. The minimum Gasteiger partial charge on any atom is -0.455 e. The van der Waals surface area contributed by atoms with Gasteiger partial charge >= 0.3 is 0 Å². The zero-order chi connectivity index (χ0) is 29.5. The van der Waals surface area contributed by atoms with Gasteiger partial charge in [-0.25, -0.2) is 4.98 Å². The smallest absolute Gasteiger partial charge is 0.145 e. The highest BCUT2D eigenvalue weighted by atomic mass is 16.3. The van der Waals surface area contributed by atoms with Crippen LogP contribution in [0.2, 0.25) is 0 Å². The van der Waals surface area contributed by atoms with Crippen LogP contribution in [0.5, 0.6) is 0 Å². The first-order valence-corrected chi connectivity index (χ1v) is 15.1. The second-order valence-corrected chi connectivity index (χ2v) is 11.4. The molecule has 45 heavy (non-hydrogen) atoms. The monoisotopic (exact) mass is 576 g/mol. The van der Waals surface area contributed by atoms with E-state index in [4.69, 9.17) is 9.40 Å². The maximum atomic E-state index is 7.03. The molecule has 0 N–H and O–H groups in total. The molecule has 0 spiro atoms. The lowest BCUT2D eigenvalue weighted by molar-refractivity contribution is 0.677. The molecule has 0 aliphatic rings. The highest BCUT2D eigenvalue weighted by molar-refractivity contribution is 6.28. The number of nitrogens with zero attached hydrogens (tertiary/aromatic N) is 4. The Labute approximate surface area is 257 Å². The van der Waals surface area contributed by atoms with Crippen molar-refractivity contribution in [3.05, 3.63) is 146 Å². The summed E-state index contributed by atoms with van der Waals surface area (Å²) in [6, 6.07) is 48.5. The van der Waals surface area contributed by atoms with Gasteiger partial charge in [0.05, 0.1) is 44.2 Å². The molecule has 0 aliphatic heterocycles. The molecule has 0 saturated carbocycles. The fraction of sp³-hybridized carbons (Fsp3) is 0. The molecule has 5 heteroatoms. The van der Waals surface area contributed by atoms with Crippen LogP contribution in [-0.2, 0) is 0 Å². The molecule has 5 nitrogen and oxygen atoms in total. The predicted molar refractivity (Wildman–Crippen MR) is 183 cm³/mol. The van der Waals surface area contributed by atoms with Crippen molar-refractivity contribution in [2.75, 3.05) is 0 Å². The summed E-state index contributed by atoms with van der Waals surface area (Å²) in [5.74, 6) is 0.841. The van der Waals surface area contributed by atoms with Crippen LogP contribution in [0.15, 0.2) is 150 Å². The van der Waals surface area contributed by atoms with Crippen LogP contribution in [0.25, 0.3) is 88.4 Å². The maximum absolute atomic E-state index is 7.03. The largest absolute Gasteiger partial charge is 0.455 e. The van der Waals surface area contributed by atoms with Gasteiger partial charge in [-0.05, 0) is 72.8 Å². The van der Waals surface area contributed by atoms with E-state index >= 15 is 0 Å². The van der Waals surface area contributed by atoms with Crippen molar-refractivity contribution >= 4 is 65.6 Å². The van der Waals surface area contributed by atoms with Crippen molar-refractivity contribution < 1.29 is 4.42 Å². The molecule has 0 unspecified atom stereocenters. The molecule has 10 rings (SSSR count). The topological polar surface area (TPSA) is 48.8 Å². The van der Waals surface area contributed by atoms with E-state index in [2.05, 4.69) is 123 Å². The van der Waals surface area contributed by atoms with Crippen LogP contribution in [0.1, 0.15) is 0 Å². The van der Waals surface area contributed by atoms with Crippen molar-refractivity contribution in [3.8, 4) is 22.9 Å². The first kappa shape index (κ1) is 24.3. The van der Waals surface area contributed by atoms with Gasteiger partial charge in [0.2, 0.25) is 0 Å². The minimum absolute atomic E-state index is 0.834. The number of benzene rings is 5. The van der Waals surface area contributed by atoms with E-state index < -0.39 is 0 Å². The van der Waals surface area contributed by atoms with Crippen molar-refractivity contribution in [2.24, 2.45) is 0 Å². The fourth-order valence-corrected chi connectivity index (χ4v) is 7.10. The van der Waals surface area contributed by atoms with Crippen LogP contribution in [0.3, 0.4) is 0 Å². The number of hydrogen-bond donors (Lipinski definition) is 0. The van der Waals surface area contributed by atoms with Gasteiger partial charge in [0.25, 0.3) is 0 Å². The van der Waals surface area contributed by atoms with Gasteiger partial charge in [-0.3, -0.25) is 9.55 Å². The number of hydrogen-bond acceptors (Lipinski definition) is 3. The summed E-state index contributed by atoms with van der Waals surface area (Å²) in [5, 5.41) is 6.74. The fourth-order valence-electron chi connectivity index (χ4n) is 7.10. The van der Waals surface area contributed by atoms with Gasteiger partial charge in [-0.1, -0.05) is 66.7 Å². The Hall–Kier alpha value is -6.20. The summed E-state index contributed by atoms with van der Waals surface area (Å²) in [5.41, 5.74) is 9.03. The van der Waals surface area contributed by atoms with Gasteiger partial charge < -0.3 is 8.98 Å². The zero-order valence-electron chi connectivity index (χ0n) is 24.1. The second kappa shape index (κ2) is 9.15. The molecular formula is C40H24N4O. The molecule has 0 radical (unpaired) electrons. The molecule has 0 bridgehead atoms. The molecule has 0 atom stereocenters. The van der Waals surface area contributed by atoms with Gasteiger partial charge in [0.1, 0.15) is 17.0 Å². The summed E-state index contributed by atoms with van der Waals surface area (Å²) in [4.78, 5) is 9.62. The van der Waals surface area contributed by atoms with E-state index in [-0.39, 0.29) is 0 Å². The normalized spacial score (nSPS) is 12.0. The summed E-state index contributed by atoms with van der Waals surface area (Å²) in [6.45, 7) is 0. The highest BCUT2D eigenvalue weighted by Gasteiger charge is 2.22. The Kier molecular flexibility index (Phi) is 4.93. The third-order valence-electron chi connectivity index (χ3n) is 8.98. The number of rotatable bonds is 3. The van der Waals surface area contributed by atoms with E-state index in [0.717, 1.165) is 83.1 Å². The number of aromatic nitrogens is 4. The first-order valence-electron chi connectivity index (χ1n) is 15.1. The van der Waals surface area contributed by atoms with Crippen LogP contribution < -0.4 is 0 Å². The molecule has 5 aromatic carbocycles. The standard InChI is InChI=1S/C40H24N4O/c1-2-11-25(12-3-1)43-32-17-6-4-13-28(32)37-34(43)22-20-26-27-21-23-35-38(40(27)45-39(26)37)29-14-5-7-18-33(29)44(35)36-19-10-16-31(42-36)30-15-8-9-24-41-30/h1-24H. The Morgan fingerprint density at radius 2 is 1.02 bits per heavy atom. The zero-order valence-corrected chi connectivity index (χ0v) is 24.1. The lowest BCUT2D eigenvalue weighted by Crippen LogP contribution is -1.98. The number of para-hydroxylation sites is 3. The summed E-state index contributed by atoms with van der Waals surface area (Å²) >= 11 is 0. The Balaban J connectivity index is 1.30. The average Bonchev–Trinajstić information content (AvgIpc) is 3.76. The van der Waals surface area contributed by atoms with Crippen molar-refractivity contribution in [1.29, 1.82) is 0 Å². The average molecular weight is 577 g/mol. The van der Waals surface area contributed by atoms with Crippen LogP contribution in [0.4, 0.5) is 0 Å². The Bertz CT molecular complexity index is 2750. The number of fused-ring (bicyclic) bond motifs is 11. The van der Waals surface area contributed by atoms with Gasteiger partial charge in [0, 0.05) is 33.4 Å². The van der Waals surface area contributed by atoms with Gasteiger partial charge in [0.15, 0.2) is 0 Å². The molecule has 5 heterocycles. The number of furan rings is 1. The number of pyridine rings is 2. The SMILES string of the molecule is c1ccc(-n2c3ccccc3c3c4oc5c(ccc6c5c5ccccc5n6-c5cccc(-c6ccccn6)n5)c4ccc32)cc1. The summed E-state index contributed by atoms with van der Waals surface area (Å²) in [7, 11) is 0. The Morgan fingerprint density at radius 1 is 0.422 bits per heavy atom. The third-order valence-corrected chi connectivity index (χ3v) is 8.98. The van der Waals surface area contributed by atoms with Crippen LogP contribution >= 0.6 is 0 Å². The second-order valence-electron chi connectivity index (χ2n) is 11.4. The quantitative estimate of drug-likeness (QED) is 0.210. The molecule has 0 amide bonds. The summed E-state index contributed by atoms with van der Waals surface area (Å²) < 4.78 is 11.6. The van der Waals surface area contributed by atoms with Gasteiger partial charge in [-0.2, -0.15) is 0 Å². The molecule has 5 aromatic heterocycles. The minimum atomic E-state index is 0.834. The van der Waals surface area contributed by atoms with E-state index in [1.165, 1.54) is 5.39 Å². The van der Waals surface area contributed by atoms with E-state index in [1.54, 1.807) is 6.20 Å². The van der Waals surface area contributed by atoms with Crippen LogP contribution in [-0.4, -0.2) is 19.1 Å². The molecule has 0 fully saturated rings. The highest BCUT2D eigenvalue weighted by Crippen LogP contribution is 2.44. The molecular weight excluding hydrogens is 552 g/mol. The molecule has 10 aromatic rings. The predicted octanol–water partition coefficient (Wildman–Crippen LogP) is 10.2. The molecule has 0 saturated heterocycles. The van der Waals surface area contributed by atoms with Crippen LogP contribution in [0, 0.1) is 0 Å². The molecule has 210 valence electrons. The van der Waals surface area contributed by atoms with E-state index in [1.807, 2.05) is 30.3 Å². The van der Waals surface area contributed by atoms with Crippen molar-refractivity contribution in [3.63, 3.8) is 0 Å². The van der Waals surface area contributed by atoms with Crippen molar-refractivity contribution in [1.82, 2.24) is 19.1 Å². The third kappa shape index (κ3) is 3.38. The molecule has 0 aliphatic carbocycles. The van der Waals surface area contributed by atoms with E-state index in [0.29, 0.717) is 0 Å². The Morgan fingerprint density at radius 3 is 1.71 bits per heavy atom. The lowest BCUT2D eigenvalue weighted by Gasteiger charge is -2.08.